The maximum atomic E-state index is 12.3. The van der Waals surface area contributed by atoms with Crippen LogP contribution in [0.5, 0.6) is 0 Å². The molecule has 0 bridgehead atoms. The van der Waals surface area contributed by atoms with E-state index in [1.807, 2.05) is 39.0 Å². The molecule has 0 saturated heterocycles. The van der Waals surface area contributed by atoms with E-state index in [0.717, 1.165) is 14.2 Å². The summed E-state index contributed by atoms with van der Waals surface area (Å²) >= 11 is 6.87. The summed E-state index contributed by atoms with van der Waals surface area (Å²) in [6.45, 7) is 5.96. The Bertz CT molecular complexity index is 993. The average molecular weight is 471 g/mol. The molecule has 7 heteroatoms. The molecule has 3 aromatic rings. The maximum absolute atomic E-state index is 12.3. The molecule has 0 atom stereocenters. The predicted octanol–water partition coefficient (Wildman–Crippen LogP) is 6.66. The smallest absolute Gasteiger partial charge is 0.266 e. The first-order valence-electron chi connectivity index (χ1n) is 7.99. The Morgan fingerprint density at radius 2 is 1.46 bits per heavy atom. The molecule has 2 aromatic heterocycles. The van der Waals surface area contributed by atoms with Gasteiger partial charge in [-0.15, -0.1) is 22.7 Å². The van der Waals surface area contributed by atoms with E-state index in [1.165, 1.54) is 9.75 Å². The van der Waals surface area contributed by atoms with Gasteiger partial charge in [0.2, 0.25) is 0 Å². The number of thiophene rings is 2. The second kappa shape index (κ2) is 7.56. The first kappa shape index (κ1) is 19.8. The van der Waals surface area contributed by atoms with Crippen LogP contribution in [0.15, 0.2) is 57.2 Å². The molecule has 0 aliphatic heterocycles. The van der Waals surface area contributed by atoms with Crippen molar-refractivity contribution in [1.82, 2.24) is 0 Å². The molecule has 0 spiro atoms. The van der Waals surface area contributed by atoms with Crippen molar-refractivity contribution in [3.63, 3.8) is 0 Å². The van der Waals surface area contributed by atoms with Gasteiger partial charge in [0.1, 0.15) is 0 Å². The fourth-order valence-electron chi connectivity index (χ4n) is 2.18. The van der Waals surface area contributed by atoms with Crippen LogP contribution in [-0.4, -0.2) is 15.0 Å². The van der Waals surface area contributed by atoms with Gasteiger partial charge in [-0.1, -0.05) is 32.9 Å². The highest BCUT2D eigenvalue weighted by atomic mass is 79.9. The monoisotopic (exact) mass is 470 g/mol. The van der Waals surface area contributed by atoms with Crippen LogP contribution in [0.3, 0.4) is 0 Å². The van der Waals surface area contributed by atoms with E-state index in [1.54, 1.807) is 34.8 Å². The van der Waals surface area contributed by atoms with Gasteiger partial charge in [0.05, 0.1) is 15.3 Å². The van der Waals surface area contributed by atoms with E-state index in [2.05, 4.69) is 34.1 Å². The lowest BCUT2D eigenvalue weighted by Crippen LogP contribution is -2.18. The molecule has 0 aliphatic carbocycles. The van der Waals surface area contributed by atoms with Crippen LogP contribution < -0.4 is 0 Å². The van der Waals surface area contributed by atoms with Crippen LogP contribution in [0.2, 0.25) is 0 Å². The minimum Gasteiger partial charge on any atom is -0.266 e. The van der Waals surface area contributed by atoms with Crippen LogP contribution in [0.4, 0.5) is 0 Å². The highest BCUT2D eigenvalue weighted by molar-refractivity contribution is 9.11. The maximum Gasteiger partial charge on any atom is 0.296 e. The zero-order valence-electron chi connectivity index (χ0n) is 14.7. The van der Waals surface area contributed by atoms with Crippen molar-refractivity contribution in [1.29, 1.82) is 0 Å². The van der Waals surface area contributed by atoms with Crippen molar-refractivity contribution in [2.24, 2.45) is 5.41 Å². The van der Waals surface area contributed by atoms with Crippen LogP contribution >= 0.6 is 38.6 Å². The van der Waals surface area contributed by atoms with Crippen molar-refractivity contribution in [2.75, 3.05) is 6.61 Å². The van der Waals surface area contributed by atoms with Gasteiger partial charge in [0.15, 0.2) is 0 Å². The summed E-state index contributed by atoms with van der Waals surface area (Å²) in [7, 11) is -3.73. The van der Waals surface area contributed by atoms with Crippen molar-refractivity contribution in [3.05, 3.63) is 52.3 Å². The quantitative estimate of drug-likeness (QED) is 0.391. The third-order valence-corrected chi connectivity index (χ3v) is 7.73. The minimum atomic E-state index is -3.73. The van der Waals surface area contributed by atoms with Gasteiger partial charge in [-0.05, 0) is 63.3 Å². The number of rotatable bonds is 5. The Morgan fingerprint density at radius 3 is 2.04 bits per heavy atom. The van der Waals surface area contributed by atoms with Crippen LogP contribution in [0.1, 0.15) is 20.8 Å². The molecule has 0 fully saturated rings. The van der Waals surface area contributed by atoms with Gasteiger partial charge >= 0.3 is 0 Å². The number of halogens is 1. The topological polar surface area (TPSA) is 43.4 Å². The highest BCUT2D eigenvalue weighted by Crippen LogP contribution is 2.39. The fraction of sp³-hybridized carbons (Fsp3) is 0.263. The van der Waals surface area contributed by atoms with Gasteiger partial charge in [-0.2, -0.15) is 8.42 Å². The fourth-order valence-corrected chi connectivity index (χ4v) is 5.78. The van der Waals surface area contributed by atoms with Crippen LogP contribution in [-0.2, 0) is 14.3 Å². The second-order valence-corrected chi connectivity index (χ2v) is 12.2. The van der Waals surface area contributed by atoms with E-state index in [4.69, 9.17) is 4.18 Å². The van der Waals surface area contributed by atoms with E-state index >= 15 is 0 Å². The summed E-state index contributed by atoms with van der Waals surface area (Å²) in [6.07, 6.45) is 0. The minimum absolute atomic E-state index is 0.155. The molecule has 138 valence electrons. The standard InChI is InChI=1S/C19H19BrO3S3/c1-19(2,3)12-23-26(21,22)14-6-4-13(5-7-14)15-8-9-16(24-15)17-10-11-18(20)25-17/h4-11H,12H2,1-3H3. The Hall–Kier alpha value is -0.990. The average Bonchev–Trinajstić information content (AvgIpc) is 3.21. The molecule has 3 nitrogen and oxygen atoms in total. The lowest BCUT2D eigenvalue weighted by Gasteiger charge is -2.17. The van der Waals surface area contributed by atoms with Gasteiger partial charge < -0.3 is 0 Å². The molecular formula is C19H19BrO3S3. The van der Waals surface area contributed by atoms with Gasteiger partial charge in [-0.3, -0.25) is 4.18 Å². The molecule has 2 heterocycles. The zero-order chi connectivity index (χ0) is 18.9. The summed E-state index contributed by atoms with van der Waals surface area (Å²) in [5.74, 6) is 0. The zero-order valence-corrected chi connectivity index (χ0v) is 18.7. The van der Waals surface area contributed by atoms with Crippen LogP contribution in [0.25, 0.3) is 20.2 Å². The molecule has 0 aliphatic rings. The Morgan fingerprint density at radius 1 is 0.885 bits per heavy atom. The van der Waals surface area contributed by atoms with Crippen molar-refractivity contribution in [2.45, 2.75) is 25.7 Å². The predicted molar refractivity (Wildman–Crippen MR) is 113 cm³/mol. The normalized spacial score (nSPS) is 12.5. The second-order valence-electron chi connectivity index (χ2n) is 7.07. The summed E-state index contributed by atoms with van der Waals surface area (Å²) in [5, 5.41) is 0. The van der Waals surface area contributed by atoms with E-state index < -0.39 is 10.1 Å². The Labute approximate surface area is 170 Å². The molecule has 3 rings (SSSR count). The first-order valence-corrected chi connectivity index (χ1v) is 11.8. The molecule has 0 radical (unpaired) electrons. The van der Waals surface area contributed by atoms with Crippen molar-refractivity contribution >= 4 is 48.7 Å². The largest absolute Gasteiger partial charge is 0.296 e. The molecule has 26 heavy (non-hydrogen) atoms. The van der Waals surface area contributed by atoms with E-state index in [0.29, 0.717) is 0 Å². The molecule has 0 unspecified atom stereocenters. The van der Waals surface area contributed by atoms with Crippen LogP contribution in [0, 0.1) is 5.41 Å². The number of hydrogen-bond donors (Lipinski definition) is 0. The number of hydrogen-bond acceptors (Lipinski definition) is 5. The third kappa shape index (κ3) is 4.84. The molecule has 0 saturated carbocycles. The Kier molecular flexibility index (Phi) is 5.75. The van der Waals surface area contributed by atoms with Gasteiger partial charge in [0, 0.05) is 14.6 Å². The third-order valence-electron chi connectivity index (χ3n) is 3.50. The highest BCUT2D eigenvalue weighted by Gasteiger charge is 2.20. The summed E-state index contributed by atoms with van der Waals surface area (Å²) in [6, 6.07) is 15.1. The van der Waals surface area contributed by atoms with Gasteiger partial charge in [-0.25, -0.2) is 0 Å². The Balaban J connectivity index is 1.79. The van der Waals surface area contributed by atoms with Crippen molar-refractivity contribution < 1.29 is 12.6 Å². The summed E-state index contributed by atoms with van der Waals surface area (Å²) < 4.78 is 30.9. The molecule has 1 aromatic carbocycles. The number of benzene rings is 1. The van der Waals surface area contributed by atoms with E-state index in [-0.39, 0.29) is 16.9 Å². The lowest BCUT2D eigenvalue weighted by molar-refractivity contribution is 0.203. The van der Waals surface area contributed by atoms with Crippen molar-refractivity contribution in [3.8, 4) is 20.2 Å². The van der Waals surface area contributed by atoms with Gasteiger partial charge in [0.25, 0.3) is 10.1 Å². The SMILES string of the molecule is CC(C)(C)COS(=O)(=O)c1ccc(-c2ccc(-c3ccc(Br)s3)s2)cc1. The summed E-state index contributed by atoms with van der Waals surface area (Å²) in [5.41, 5.74) is 0.781. The first-order chi connectivity index (χ1) is 12.1. The van der Waals surface area contributed by atoms with E-state index in [9.17, 15) is 8.42 Å². The molecular weight excluding hydrogens is 452 g/mol. The summed E-state index contributed by atoms with van der Waals surface area (Å²) in [4.78, 5) is 3.69. The molecule has 0 amide bonds. The lowest BCUT2D eigenvalue weighted by atomic mass is 9.99. The molecule has 0 N–H and O–H groups in total.